The molecule has 0 aromatic heterocycles. The third kappa shape index (κ3) is 11.7. The number of rotatable bonds is 7. The van der Waals surface area contributed by atoms with E-state index in [-0.39, 0.29) is 25.8 Å². The molecule has 0 bridgehead atoms. The van der Waals surface area contributed by atoms with Crippen molar-refractivity contribution >= 4 is 0 Å². The summed E-state index contributed by atoms with van der Waals surface area (Å²) in [7, 11) is 3.27. The lowest BCUT2D eigenvalue weighted by Gasteiger charge is -2.20. The molecule has 2 atom stereocenters. The van der Waals surface area contributed by atoms with Crippen LogP contribution in [0.3, 0.4) is 0 Å². The van der Waals surface area contributed by atoms with Crippen molar-refractivity contribution < 1.29 is 24.4 Å². The standard InChI is InChI=1S/C8H18O3.C2H6O2/c1-5-7(9-3)11-8(6-2)10-4;3-1-2-4/h7-8H,5-6H2,1-4H3;3-4H,1-2H2. The van der Waals surface area contributed by atoms with Crippen molar-refractivity contribution in [1.29, 1.82) is 0 Å². The fourth-order valence-corrected chi connectivity index (χ4v) is 0.806. The van der Waals surface area contributed by atoms with Crippen molar-refractivity contribution in [1.82, 2.24) is 0 Å². The van der Waals surface area contributed by atoms with Crippen LogP contribution < -0.4 is 0 Å². The number of aliphatic hydroxyl groups is 2. The number of hydrogen-bond donors (Lipinski definition) is 2. The Morgan fingerprint density at radius 1 is 0.867 bits per heavy atom. The van der Waals surface area contributed by atoms with Gasteiger partial charge in [-0.05, 0) is 12.8 Å². The fourth-order valence-electron chi connectivity index (χ4n) is 0.806. The summed E-state index contributed by atoms with van der Waals surface area (Å²) in [6.45, 7) is 3.77. The molecule has 5 heteroatoms. The Labute approximate surface area is 92.0 Å². The van der Waals surface area contributed by atoms with Gasteiger partial charge in [-0.2, -0.15) is 0 Å². The van der Waals surface area contributed by atoms with Crippen molar-refractivity contribution in [3.05, 3.63) is 0 Å². The van der Waals surface area contributed by atoms with Gasteiger partial charge < -0.3 is 24.4 Å². The lowest BCUT2D eigenvalue weighted by Crippen LogP contribution is -2.23. The summed E-state index contributed by atoms with van der Waals surface area (Å²) in [4.78, 5) is 0. The molecule has 0 rings (SSSR count). The predicted octanol–water partition coefficient (Wildman–Crippen LogP) is 0.739. The van der Waals surface area contributed by atoms with Crippen molar-refractivity contribution in [3.63, 3.8) is 0 Å². The molecule has 0 heterocycles. The maximum absolute atomic E-state index is 7.62. The van der Waals surface area contributed by atoms with Gasteiger partial charge in [0.1, 0.15) is 0 Å². The molecular weight excluding hydrogens is 200 g/mol. The highest BCUT2D eigenvalue weighted by Gasteiger charge is 2.11. The van der Waals surface area contributed by atoms with Gasteiger partial charge in [0.2, 0.25) is 0 Å². The minimum Gasteiger partial charge on any atom is -0.394 e. The molecule has 0 aliphatic rings. The third-order valence-electron chi connectivity index (χ3n) is 1.60. The number of ether oxygens (including phenoxy) is 3. The van der Waals surface area contributed by atoms with E-state index in [1.165, 1.54) is 0 Å². The van der Waals surface area contributed by atoms with E-state index in [1.54, 1.807) is 14.2 Å². The van der Waals surface area contributed by atoms with Gasteiger partial charge in [-0.3, -0.25) is 0 Å². The van der Waals surface area contributed by atoms with Gasteiger partial charge >= 0.3 is 0 Å². The smallest absolute Gasteiger partial charge is 0.160 e. The Kier molecular flexibility index (Phi) is 15.8. The second-order valence-corrected chi connectivity index (χ2v) is 2.73. The van der Waals surface area contributed by atoms with Crippen LogP contribution in [0.15, 0.2) is 0 Å². The zero-order valence-corrected chi connectivity index (χ0v) is 10.1. The monoisotopic (exact) mass is 224 g/mol. The molecule has 0 saturated carbocycles. The summed E-state index contributed by atoms with van der Waals surface area (Å²) in [6, 6.07) is 0. The highest BCUT2D eigenvalue weighted by Crippen LogP contribution is 2.06. The average Bonchev–Trinajstić information content (AvgIpc) is 2.31. The molecule has 0 aromatic carbocycles. The van der Waals surface area contributed by atoms with Crippen molar-refractivity contribution in [2.24, 2.45) is 0 Å². The first kappa shape index (κ1) is 17.2. The summed E-state index contributed by atoms with van der Waals surface area (Å²) >= 11 is 0. The first-order valence-electron chi connectivity index (χ1n) is 5.12. The van der Waals surface area contributed by atoms with E-state index >= 15 is 0 Å². The molecule has 0 radical (unpaired) electrons. The molecule has 0 aliphatic heterocycles. The van der Waals surface area contributed by atoms with E-state index in [2.05, 4.69) is 0 Å². The fraction of sp³-hybridized carbons (Fsp3) is 1.00. The highest BCUT2D eigenvalue weighted by molar-refractivity contribution is 4.42. The maximum Gasteiger partial charge on any atom is 0.160 e. The van der Waals surface area contributed by atoms with Crippen molar-refractivity contribution in [2.75, 3.05) is 27.4 Å². The van der Waals surface area contributed by atoms with Crippen LogP contribution in [0.1, 0.15) is 26.7 Å². The zero-order valence-electron chi connectivity index (χ0n) is 10.1. The number of methoxy groups -OCH3 is 2. The molecule has 94 valence electrons. The highest BCUT2D eigenvalue weighted by atomic mass is 16.8. The third-order valence-corrected chi connectivity index (χ3v) is 1.60. The summed E-state index contributed by atoms with van der Waals surface area (Å²) < 4.78 is 15.5. The zero-order chi connectivity index (χ0) is 12.1. The Hall–Kier alpha value is -0.200. The van der Waals surface area contributed by atoms with Gasteiger partial charge in [-0.25, -0.2) is 0 Å². The van der Waals surface area contributed by atoms with Crippen LogP contribution in [0.4, 0.5) is 0 Å². The normalized spacial score (nSPS) is 14.0. The molecule has 2 unspecified atom stereocenters. The van der Waals surface area contributed by atoms with E-state index in [4.69, 9.17) is 24.4 Å². The van der Waals surface area contributed by atoms with Crippen LogP contribution in [-0.2, 0) is 14.2 Å². The molecule has 5 nitrogen and oxygen atoms in total. The van der Waals surface area contributed by atoms with Gasteiger partial charge in [0.05, 0.1) is 13.2 Å². The van der Waals surface area contributed by atoms with Crippen LogP contribution in [0.2, 0.25) is 0 Å². The first-order chi connectivity index (χ1) is 7.19. The molecule has 0 fully saturated rings. The van der Waals surface area contributed by atoms with E-state index in [0.717, 1.165) is 12.8 Å². The summed E-state index contributed by atoms with van der Waals surface area (Å²) in [5, 5.41) is 15.2. The lowest BCUT2D eigenvalue weighted by atomic mass is 10.4. The van der Waals surface area contributed by atoms with E-state index in [9.17, 15) is 0 Å². The van der Waals surface area contributed by atoms with E-state index in [0.29, 0.717) is 0 Å². The molecule has 0 saturated heterocycles. The molecule has 0 aromatic rings. The summed E-state index contributed by atoms with van der Waals surface area (Å²) in [5.41, 5.74) is 0. The van der Waals surface area contributed by atoms with E-state index in [1.807, 2.05) is 13.8 Å². The van der Waals surface area contributed by atoms with E-state index < -0.39 is 0 Å². The molecule has 0 aliphatic carbocycles. The maximum atomic E-state index is 7.62. The average molecular weight is 224 g/mol. The summed E-state index contributed by atoms with van der Waals surface area (Å²) in [6.07, 6.45) is 1.41. The van der Waals surface area contributed by atoms with Gasteiger partial charge in [-0.1, -0.05) is 13.8 Å². The quantitative estimate of drug-likeness (QED) is 0.624. The number of aliphatic hydroxyl groups excluding tert-OH is 2. The molecule has 2 N–H and O–H groups in total. The molecular formula is C10H24O5. The van der Waals surface area contributed by atoms with Gasteiger partial charge in [0, 0.05) is 14.2 Å². The second kappa shape index (κ2) is 13.8. The Morgan fingerprint density at radius 2 is 1.20 bits per heavy atom. The molecule has 0 amide bonds. The summed E-state index contributed by atoms with van der Waals surface area (Å²) in [5.74, 6) is 0. The largest absolute Gasteiger partial charge is 0.394 e. The van der Waals surface area contributed by atoms with Crippen LogP contribution in [0, 0.1) is 0 Å². The lowest BCUT2D eigenvalue weighted by molar-refractivity contribution is -0.230. The van der Waals surface area contributed by atoms with Crippen molar-refractivity contribution in [2.45, 2.75) is 39.3 Å². The minimum atomic E-state index is -0.139. The van der Waals surface area contributed by atoms with Crippen LogP contribution in [0.5, 0.6) is 0 Å². The minimum absolute atomic E-state index is 0.125. The SMILES string of the molecule is CCC(OC)OC(CC)OC.OCCO. The van der Waals surface area contributed by atoms with Gasteiger partial charge in [0.15, 0.2) is 12.6 Å². The van der Waals surface area contributed by atoms with Crippen molar-refractivity contribution in [3.8, 4) is 0 Å². The van der Waals surface area contributed by atoms with Crippen LogP contribution in [-0.4, -0.2) is 50.2 Å². The topological polar surface area (TPSA) is 68.2 Å². The Bertz CT molecular complexity index is 90.0. The first-order valence-corrected chi connectivity index (χ1v) is 5.12. The van der Waals surface area contributed by atoms with Gasteiger partial charge in [-0.15, -0.1) is 0 Å². The van der Waals surface area contributed by atoms with Crippen LogP contribution in [0.25, 0.3) is 0 Å². The second-order valence-electron chi connectivity index (χ2n) is 2.73. The number of hydrogen-bond acceptors (Lipinski definition) is 5. The van der Waals surface area contributed by atoms with Crippen LogP contribution >= 0.6 is 0 Å². The van der Waals surface area contributed by atoms with Gasteiger partial charge in [0.25, 0.3) is 0 Å². The molecule has 0 spiro atoms. The Morgan fingerprint density at radius 3 is 1.33 bits per heavy atom. The Balaban J connectivity index is 0. The predicted molar refractivity (Wildman–Crippen MR) is 57.4 cm³/mol. The molecule has 15 heavy (non-hydrogen) atoms.